The molecule has 0 atom stereocenters. The fraction of sp³-hybridized carbons (Fsp3) is 0.474. The zero-order valence-electron chi connectivity index (χ0n) is 14.6. The normalized spacial score (nSPS) is 11.2. The van der Waals surface area contributed by atoms with Crippen LogP contribution >= 0.6 is 23.5 Å². The number of aryl methyl sites for hydroxylation is 1. The molecule has 0 radical (unpaired) electrons. The Kier molecular flexibility index (Phi) is 8.03. The third-order valence-corrected chi connectivity index (χ3v) is 6.11. The standard InChI is InChI=1S/C19H23FO3S2/c1-3-17(21)25-11-7-5-4-6-10-24-14-8-9-16-15(12-14)13(2)18(20)19(22)23-16/h8-9,12H,3-7,10-11H2,1-2H3. The van der Waals surface area contributed by atoms with Crippen molar-refractivity contribution in [2.45, 2.75) is 50.8 Å². The van der Waals surface area contributed by atoms with Crippen LogP contribution in [0.1, 0.15) is 44.6 Å². The Morgan fingerprint density at radius 2 is 1.88 bits per heavy atom. The molecule has 136 valence electrons. The van der Waals surface area contributed by atoms with Crippen molar-refractivity contribution in [3.63, 3.8) is 0 Å². The van der Waals surface area contributed by atoms with Gasteiger partial charge in [-0.25, -0.2) is 4.79 Å². The number of benzene rings is 1. The quantitative estimate of drug-likeness (QED) is 0.323. The van der Waals surface area contributed by atoms with Crippen LogP contribution in [-0.2, 0) is 4.79 Å². The van der Waals surface area contributed by atoms with Gasteiger partial charge in [0, 0.05) is 28.0 Å². The Bertz CT molecular complexity index is 786. The second-order valence-electron chi connectivity index (χ2n) is 5.82. The molecule has 1 heterocycles. The molecule has 0 amide bonds. The summed E-state index contributed by atoms with van der Waals surface area (Å²) in [6, 6.07) is 5.52. The number of halogens is 1. The first-order chi connectivity index (χ1) is 12.0. The molecule has 0 aliphatic heterocycles. The lowest BCUT2D eigenvalue weighted by atomic mass is 10.1. The number of carbonyl (C=O) groups is 1. The number of carbonyl (C=O) groups excluding carboxylic acids is 1. The van der Waals surface area contributed by atoms with Crippen LogP contribution < -0.4 is 5.63 Å². The van der Waals surface area contributed by atoms with Gasteiger partial charge in [-0.2, -0.15) is 4.39 Å². The van der Waals surface area contributed by atoms with Gasteiger partial charge >= 0.3 is 5.63 Å². The number of thioether (sulfide) groups is 2. The smallest absolute Gasteiger partial charge is 0.372 e. The van der Waals surface area contributed by atoms with E-state index in [4.69, 9.17) is 4.42 Å². The van der Waals surface area contributed by atoms with Crippen molar-refractivity contribution in [3.8, 4) is 0 Å². The number of hydrogen-bond donors (Lipinski definition) is 0. The highest BCUT2D eigenvalue weighted by atomic mass is 32.2. The predicted molar refractivity (Wildman–Crippen MR) is 104 cm³/mol. The van der Waals surface area contributed by atoms with Crippen LogP contribution in [0.4, 0.5) is 4.39 Å². The van der Waals surface area contributed by atoms with E-state index in [1.54, 1.807) is 24.8 Å². The molecule has 1 aromatic heterocycles. The molecule has 3 nitrogen and oxygen atoms in total. The third kappa shape index (κ3) is 5.89. The van der Waals surface area contributed by atoms with E-state index in [1.807, 2.05) is 19.1 Å². The Morgan fingerprint density at radius 1 is 1.16 bits per heavy atom. The monoisotopic (exact) mass is 382 g/mol. The van der Waals surface area contributed by atoms with Crippen LogP contribution in [0.15, 0.2) is 32.3 Å². The summed E-state index contributed by atoms with van der Waals surface area (Å²) in [6.45, 7) is 3.49. The Labute approximate surface area is 155 Å². The molecule has 0 bridgehead atoms. The molecule has 0 aliphatic rings. The first kappa shape index (κ1) is 20.0. The molecule has 25 heavy (non-hydrogen) atoms. The van der Waals surface area contributed by atoms with Crippen molar-refractivity contribution in [3.05, 3.63) is 40.0 Å². The van der Waals surface area contributed by atoms with Gasteiger partial charge in [0.1, 0.15) is 5.58 Å². The third-order valence-electron chi connectivity index (χ3n) is 3.93. The minimum absolute atomic E-state index is 0.273. The molecule has 0 unspecified atom stereocenters. The minimum Gasteiger partial charge on any atom is -0.421 e. The Morgan fingerprint density at radius 3 is 2.60 bits per heavy atom. The van der Waals surface area contributed by atoms with Crippen LogP contribution in [0, 0.1) is 12.7 Å². The van der Waals surface area contributed by atoms with E-state index >= 15 is 0 Å². The van der Waals surface area contributed by atoms with Crippen molar-refractivity contribution in [2.75, 3.05) is 11.5 Å². The molecule has 0 saturated carbocycles. The maximum absolute atomic E-state index is 13.7. The van der Waals surface area contributed by atoms with Crippen molar-refractivity contribution in [1.29, 1.82) is 0 Å². The van der Waals surface area contributed by atoms with Crippen LogP contribution in [-0.4, -0.2) is 16.6 Å². The number of rotatable bonds is 9. The van der Waals surface area contributed by atoms with E-state index in [1.165, 1.54) is 11.8 Å². The van der Waals surface area contributed by atoms with E-state index in [9.17, 15) is 14.0 Å². The predicted octanol–water partition coefficient (Wildman–Crippen LogP) is 5.56. The Balaban J connectivity index is 1.76. The second-order valence-corrected chi connectivity index (χ2v) is 8.14. The van der Waals surface area contributed by atoms with Crippen molar-refractivity contribution < 1.29 is 13.6 Å². The zero-order chi connectivity index (χ0) is 18.2. The van der Waals surface area contributed by atoms with E-state index in [-0.39, 0.29) is 5.12 Å². The van der Waals surface area contributed by atoms with Crippen LogP contribution in [0.25, 0.3) is 11.0 Å². The van der Waals surface area contributed by atoms with E-state index in [2.05, 4.69) is 0 Å². The Hall–Kier alpha value is -1.27. The fourth-order valence-corrected chi connectivity index (χ4v) is 4.16. The first-order valence-corrected chi connectivity index (χ1v) is 10.5. The van der Waals surface area contributed by atoms with E-state index < -0.39 is 11.4 Å². The summed E-state index contributed by atoms with van der Waals surface area (Å²) in [6.07, 6.45) is 5.07. The van der Waals surface area contributed by atoms with Gasteiger partial charge in [-0.3, -0.25) is 4.79 Å². The van der Waals surface area contributed by atoms with Gasteiger partial charge in [0.15, 0.2) is 5.12 Å². The van der Waals surface area contributed by atoms with E-state index in [0.717, 1.165) is 42.1 Å². The molecule has 0 spiro atoms. The van der Waals surface area contributed by atoms with Gasteiger partial charge in [-0.1, -0.05) is 31.5 Å². The van der Waals surface area contributed by atoms with Gasteiger partial charge in [-0.05, 0) is 43.7 Å². The largest absolute Gasteiger partial charge is 0.421 e. The highest BCUT2D eigenvalue weighted by Crippen LogP contribution is 2.26. The zero-order valence-corrected chi connectivity index (χ0v) is 16.2. The summed E-state index contributed by atoms with van der Waals surface area (Å²) < 4.78 is 18.7. The summed E-state index contributed by atoms with van der Waals surface area (Å²) in [5.41, 5.74) is -0.149. The number of unbranched alkanes of at least 4 members (excludes halogenated alkanes) is 3. The average molecular weight is 383 g/mol. The fourth-order valence-electron chi connectivity index (χ4n) is 2.43. The lowest BCUT2D eigenvalue weighted by molar-refractivity contribution is -0.110. The summed E-state index contributed by atoms with van der Waals surface area (Å²) in [4.78, 5) is 23.6. The summed E-state index contributed by atoms with van der Waals surface area (Å²) in [5, 5.41) is 0.925. The highest BCUT2D eigenvalue weighted by molar-refractivity contribution is 8.13. The summed E-state index contributed by atoms with van der Waals surface area (Å²) >= 11 is 3.16. The maximum Gasteiger partial charge on any atom is 0.372 e. The average Bonchev–Trinajstić information content (AvgIpc) is 2.62. The molecular formula is C19H23FO3S2. The molecule has 1 aromatic carbocycles. The number of fused-ring (bicyclic) bond motifs is 1. The minimum atomic E-state index is -0.913. The van der Waals surface area contributed by atoms with Crippen molar-refractivity contribution in [1.82, 2.24) is 0 Å². The lowest BCUT2D eigenvalue weighted by Crippen LogP contribution is -2.06. The topological polar surface area (TPSA) is 47.3 Å². The number of hydrogen-bond acceptors (Lipinski definition) is 5. The lowest BCUT2D eigenvalue weighted by Gasteiger charge is -2.06. The molecule has 0 N–H and O–H groups in total. The molecule has 2 aromatic rings. The van der Waals surface area contributed by atoms with Gasteiger partial charge in [0.25, 0.3) is 0 Å². The molecule has 0 saturated heterocycles. The maximum atomic E-state index is 13.7. The van der Waals surface area contributed by atoms with Crippen LogP contribution in [0.5, 0.6) is 0 Å². The van der Waals surface area contributed by atoms with Gasteiger partial charge in [-0.15, -0.1) is 11.8 Å². The van der Waals surface area contributed by atoms with E-state index in [0.29, 0.717) is 23.0 Å². The highest BCUT2D eigenvalue weighted by Gasteiger charge is 2.11. The van der Waals surface area contributed by atoms with Crippen LogP contribution in [0.3, 0.4) is 0 Å². The molecule has 0 aliphatic carbocycles. The van der Waals surface area contributed by atoms with Crippen molar-refractivity contribution in [2.24, 2.45) is 0 Å². The molecular weight excluding hydrogens is 359 g/mol. The van der Waals surface area contributed by atoms with Gasteiger partial charge in [0.05, 0.1) is 0 Å². The van der Waals surface area contributed by atoms with Crippen molar-refractivity contribution >= 4 is 39.6 Å². The second kappa shape index (κ2) is 10.0. The molecule has 2 rings (SSSR count). The van der Waals surface area contributed by atoms with Crippen LogP contribution in [0.2, 0.25) is 0 Å². The van der Waals surface area contributed by atoms with Gasteiger partial charge < -0.3 is 4.42 Å². The summed E-state index contributed by atoms with van der Waals surface area (Å²) in [7, 11) is 0. The SMILES string of the molecule is CCC(=O)SCCCCCCSc1ccc2oc(=O)c(F)c(C)c2c1. The summed E-state index contributed by atoms with van der Waals surface area (Å²) in [5.74, 6) is 1.10. The molecule has 6 heteroatoms. The molecule has 0 fully saturated rings. The van der Waals surface area contributed by atoms with Gasteiger partial charge in [0.2, 0.25) is 5.82 Å². The first-order valence-electron chi connectivity index (χ1n) is 8.54.